The predicted molar refractivity (Wildman–Crippen MR) is 82.9 cm³/mol. The zero-order valence-corrected chi connectivity index (χ0v) is 13.5. The summed E-state index contributed by atoms with van der Waals surface area (Å²) in [6.45, 7) is 9.52. The van der Waals surface area contributed by atoms with Gasteiger partial charge in [0.25, 0.3) is 0 Å². The molecule has 1 aliphatic carbocycles. The molecule has 0 heterocycles. The third-order valence-electron chi connectivity index (χ3n) is 3.04. The fourth-order valence-electron chi connectivity index (χ4n) is 2.29. The number of carbonyl (C=O) groups excluding carboxylic acids is 1. The van der Waals surface area contributed by atoms with Crippen LogP contribution in [-0.2, 0) is 11.2 Å². The monoisotopic (exact) mass is 288 g/mol. The second-order valence-electron chi connectivity index (χ2n) is 5.76. The molecule has 0 bridgehead atoms. The van der Waals surface area contributed by atoms with Crippen molar-refractivity contribution >= 4 is 6.09 Å². The van der Waals surface area contributed by atoms with Crippen LogP contribution in [-0.4, -0.2) is 11.7 Å². The van der Waals surface area contributed by atoms with Gasteiger partial charge < -0.3 is 10.1 Å². The molecule has 0 radical (unpaired) electrons. The van der Waals surface area contributed by atoms with Crippen LogP contribution in [0.4, 0.5) is 4.79 Å². The van der Waals surface area contributed by atoms with E-state index in [4.69, 9.17) is 10.00 Å². The van der Waals surface area contributed by atoms with Gasteiger partial charge in [-0.1, -0.05) is 19.9 Å². The molecule has 1 amide bonds. The number of nitrogens with zero attached hydrogens (tertiary/aromatic N) is 1. The first kappa shape index (κ1) is 17.0. The third-order valence-corrected chi connectivity index (χ3v) is 3.04. The fraction of sp³-hybridized carbons (Fsp3) is 0.529. The molecule has 21 heavy (non-hydrogen) atoms. The average molecular weight is 288 g/mol. The first-order valence-electron chi connectivity index (χ1n) is 7.41. The number of nitriles is 1. The second-order valence-corrected chi connectivity index (χ2v) is 5.76. The summed E-state index contributed by atoms with van der Waals surface area (Å²) in [5.74, 6) is 0. The summed E-state index contributed by atoms with van der Waals surface area (Å²) in [6, 6.07) is 7.72. The zero-order valence-electron chi connectivity index (χ0n) is 13.5. The number of carbonyl (C=O) groups is 1. The number of fused-ring (bicyclic) bond motifs is 1. The molecule has 4 nitrogen and oxygen atoms in total. The van der Waals surface area contributed by atoms with Gasteiger partial charge in [-0.2, -0.15) is 5.26 Å². The Morgan fingerprint density at radius 1 is 1.38 bits per heavy atom. The molecule has 0 saturated carbocycles. The number of hydrogen-bond donors (Lipinski definition) is 1. The van der Waals surface area contributed by atoms with Crippen molar-refractivity contribution < 1.29 is 9.53 Å². The first-order valence-corrected chi connectivity index (χ1v) is 7.41. The second kappa shape index (κ2) is 7.12. The molecule has 114 valence electrons. The molecule has 0 aromatic heterocycles. The molecular weight excluding hydrogens is 264 g/mol. The molecule has 4 heteroatoms. The van der Waals surface area contributed by atoms with E-state index in [1.54, 1.807) is 6.07 Å². The molecule has 1 aromatic carbocycles. The van der Waals surface area contributed by atoms with E-state index in [-0.39, 0.29) is 6.04 Å². The van der Waals surface area contributed by atoms with Gasteiger partial charge in [0.05, 0.1) is 17.7 Å². The smallest absolute Gasteiger partial charge is 0.408 e. The highest BCUT2D eigenvalue weighted by Gasteiger charge is 2.26. The van der Waals surface area contributed by atoms with E-state index in [1.165, 1.54) is 0 Å². The topological polar surface area (TPSA) is 62.1 Å². The number of ether oxygens (including phenoxy) is 1. The van der Waals surface area contributed by atoms with Gasteiger partial charge in [0.2, 0.25) is 0 Å². The minimum atomic E-state index is -0.490. The number of aryl methyl sites for hydroxylation is 1. The van der Waals surface area contributed by atoms with Crippen LogP contribution in [0.15, 0.2) is 18.2 Å². The molecule has 1 aliphatic rings. The van der Waals surface area contributed by atoms with Crippen LogP contribution in [0.5, 0.6) is 0 Å². The predicted octanol–water partition coefficient (Wildman–Crippen LogP) is 4.10. The van der Waals surface area contributed by atoms with Gasteiger partial charge in [0.15, 0.2) is 0 Å². The van der Waals surface area contributed by atoms with Crippen LogP contribution in [0.1, 0.15) is 63.8 Å². The molecule has 0 fully saturated rings. The van der Waals surface area contributed by atoms with Crippen molar-refractivity contribution in [3.8, 4) is 6.07 Å². The number of rotatable bonds is 1. The highest BCUT2D eigenvalue weighted by molar-refractivity contribution is 5.68. The molecule has 1 unspecified atom stereocenters. The lowest BCUT2D eigenvalue weighted by atomic mass is 10.1. The quantitative estimate of drug-likeness (QED) is 0.846. The number of nitrogens with one attached hydrogen (secondary N) is 1. The number of alkyl carbamates (subject to hydrolysis) is 1. The highest BCUT2D eigenvalue weighted by atomic mass is 16.6. The van der Waals surface area contributed by atoms with Crippen LogP contribution in [0, 0.1) is 11.3 Å². The summed E-state index contributed by atoms with van der Waals surface area (Å²) < 4.78 is 5.26. The maximum Gasteiger partial charge on any atom is 0.408 e. The van der Waals surface area contributed by atoms with E-state index >= 15 is 0 Å². The Kier molecular flexibility index (Phi) is 5.78. The maximum atomic E-state index is 11.8. The fourth-order valence-corrected chi connectivity index (χ4v) is 2.29. The van der Waals surface area contributed by atoms with Gasteiger partial charge in [-0.15, -0.1) is 0 Å². The molecular formula is C17H24N2O2. The van der Waals surface area contributed by atoms with Crippen LogP contribution in [0.25, 0.3) is 0 Å². The van der Waals surface area contributed by atoms with Crippen molar-refractivity contribution in [2.45, 2.75) is 59.1 Å². The number of hydrogen-bond acceptors (Lipinski definition) is 3. The first-order chi connectivity index (χ1) is 9.89. The SMILES string of the molecule is CC.CC(C)(C)OC(=O)NC1CCc2cc(C#N)ccc21. The van der Waals surface area contributed by atoms with Gasteiger partial charge in [0, 0.05) is 0 Å². The average Bonchev–Trinajstić information content (AvgIpc) is 2.81. The highest BCUT2D eigenvalue weighted by Crippen LogP contribution is 2.31. The zero-order chi connectivity index (χ0) is 16.0. The van der Waals surface area contributed by atoms with Crippen LogP contribution >= 0.6 is 0 Å². The molecule has 2 rings (SSSR count). The Labute approximate surface area is 127 Å². The molecule has 1 atom stereocenters. The molecule has 1 N–H and O–H groups in total. The van der Waals surface area contributed by atoms with Crippen molar-refractivity contribution in [3.05, 3.63) is 34.9 Å². The maximum absolute atomic E-state index is 11.8. The summed E-state index contributed by atoms with van der Waals surface area (Å²) >= 11 is 0. The Hall–Kier alpha value is -2.02. The van der Waals surface area contributed by atoms with Gasteiger partial charge in [-0.05, 0) is 56.9 Å². The van der Waals surface area contributed by atoms with Crippen LogP contribution < -0.4 is 5.32 Å². The number of amides is 1. The molecule has 1 aromatic rings. The van der Waals surface area contributed by atoms with Gasteiger partial charge in [-0.25, -0.2) is 4.79 Å². The number of benzene rings is 1. The van der Waals surface area contributed by atoms with E-state index < -0.39 is 11.7 Å². The normalized spacial score (nSPS) is 16.1. The lowest BCUT2D eigenvalue weighted by molar-refractivity contribution is 0.0503. The van der Waals surface area contributed by atoms with Crippen molar-refractivity contribution in [3.63, 3.8) is 0 Å². The summed E-state index contributed by atoms with van der Waals surface area (Å²) in [5.41, 5.74) is 2.40. The van der Waals surface area contributed by atoms with Gasteiger partial charge in [-0.3, -0.25) is 0 Å². The van der Waals surface area contributed by atoms with E-state index in [0.717, 1.165) is 24.0 Å². The van der Waals surface area contributed by atoms with E-state index in [2.05, 4.69) is 11.4 Å². The largest absolute Gasteiger partial charge is 0.444 e. The Balaban J connectivity index is 0.00000106. The summed E-state index contributed by atoms with van der Waals surface area (Å²) in [7, 11) is 0. The summed E-state index contributed by atoms with van der Waals surface area (Å²) in [4.78, 5) is 11.8. The van der Waals surface area contributed by atoms with Crippen molar-refractivity contribution in [2.24, 2.45) is 0 Å². The van der Waals surface area contributed by atoms with Crippen LogP contribution in [0.2, 0.25) is 0 Å². The van der Waals surface area contributed by atoms with Gasteiger partial charge in [0.1, 0.15) is 5.60 Å². The minimum Gasteiger partial charge on any atom is -0.444 e. The van der Waals surface area contributed by atoms with Gasteiger partial charge >= 0.3 is 6.09 Å². The van der Waals surface area contributed by atoms with E-state index in [9.17, 15) is 4.79 Å². The standard InChI is InChI=1S/C15H18N2O2.C2H6/c1-15(2,3)19-14(18)17-13-7-5-11-8-10(9-16)4-6-12(11)13;1-2/h4,6,8,13H,5,7H2,1-3H3,(H,17,18);1-2H3. The lowest BCUT2D eigenvalue weighted by Crippen LogP contribution is -2.34. The van der Waals surface area contributed by atoms with Crippen molar-refractivity contribution in [2.75, 3.05) is 0 Å². The lowest BCUT2D eigenvalue weighted by Gasteiger charge is -2.22. The van der Waals surface area contributed by atoms with Crippen molar-refractivity contribution in [1.82, 2.24) is 5.32 Å². The van der Waals surface area contributed by atoms with Crippen molar-refractivity contribution in [1.29, 1.82) is 5.26 Å². The minimum absolute atomic E-state index is 0.0161. The molecule has 0 aliphatic heterocycles. The van der Waals surface area contributed by atoms with Crippen LogP contribution in [0.3, 0.4) is 0 Å². The Bertz CT molecular complexity index is 539. The summed E-state index contributed by atoms with van der Waals surface area (Å²) in [5, 5.41) is 11.8. The third kappa shape index (κ3) is 4.78. The molecule has 0 saturated heterocycles. The Morgan fingerprint density at radius 2 is 2.05 bits per heavy atom. The Morgan fingerprint density at radius 3 is 2.62 bits per heavy atom. The van der Waals surface area contributed by atoms with E-state index in [0.29, 0.717) is 5.56 Å². The molecule has 0 spiro atoms. The summed E-state index contributed by atoms with van der Waals surface area (Å²) in [6.07, 6.45) is 1.34. The van der Waals surface area contributed by atoms with E-state index in [1.807, 2.05) is 46.8 Å².